The molecule has 0 heterocycles. The van der Waals surface area contributed by atoms with Crippen LogP contribution < -0.4 is 5.32 Å². The van der Waals surface area contributed by atoms with Crippen LogP contribution in [0.5, 0.6) is 0 Å². The highest BCUT2D eigenvalue weighted by atomic mass is 16.3. The molecule has 1 rings (SSSR count). The molecule has 1 aromatic carbocycles. The molecule has 3 nitrogen and oxygen atoms in total. The first-order valence-corrected chi connectivity index (χ1v) is 7.03. The summed E-state index contributed by atoms with van der Waals surface area (Å²) in [4.78, 5) is 11.8. The molecule has 1 aromatic rings. The Hall–Kier alpha value is -1.61. The van der Waals surface area contributed by atoms with Crippen LogP contribution in [0.3, 0.4) is 0 Å². The van der Waals surface area contributed by atoms with E-state index in [1.165, 1.54) is 5.56 Å². The second-order valence-corrected chi connectivity index (χ2v) is 6.05. The molecule has 0 saturated carbocycles. The Labute approximate surface area is 121 Å². The van der Waals surface area contributed by atoms with Gasteiger partial charge in [-0.25, -0.2) is 0 Å². The molecule has 0 bridgehead atoms. The lowest BCUT2D eigenvalue weighted by molar-refractivity contribution is -0.128. The zero-order valence-electron chi connectivity index (χ0n) is 12.8. The molecule has 110 valence electrons. The Balaban J connectivity index is 2.62. The van der Waals surface area contributed by atoms with Gasteiger partial charge in [-0.1, -0.05) is 57.2 Å². The number of hydrogen-bond donors (Lipinski definition) is 2. The van der Waals surface area contributed by atoms with Gasteiger partial charge < -0.3 is 10.4 Å². The number of benzene rings is 1. The third-order valence-corrected chi connectivity index (χ3v) is 2.97. The van der Waals surface area contributed by atoms with E-state index in [0.29, 0.717) is 6.54 Å². The van der Waals surface area contributed by atoms with Crippen molar-refractivity contribution in [1.29, 1.82) is 0 Å². The number of nitrogens with one attached hydrogen (secondary N) is 1. The average molecular weight is 275 g/mol. The van der Waals surface area contributed by atoms with Gasteiger partial charge >= 0.3 is 0 Å². The van der Waals surface area contributed by atoms with Crippen molar-refractivity contribution in [3.05, 3.63) is 41.5 Å². The van der Waals surface area contributed by atoms with Crippen LogP contribution in [0.4, 0.5) is 0 Å². The van der Waals surface area contributed by atoms with Gasteiger partial charge in [-0.3, -0.25) is 4.79 Å². The SMILES string of the molecule is C[C@H](O)/C=C/c1ccccc1CCNC(=O)C(C)(C)C. The van der Waals surface area contributed by atoms with Crippen molar-refractivity contribution in [2.24, 2.45) is 5.41 Å². The molecule has 2 N–H and O–H groups in total. The van der Waals surface area contributed by atoms with E-state index in [1.54, 1.807) is 13.0 Å². The molecule has 0 aliphatic heterocycles. The highest BCUT2D eigenvalue weighted by Crippen LogP contribution is 2.14. The van der Waals surface area contributed by atoms with Crippen LogP contribution >= 0.6 is 0 Å². The monoisotopic (exact) mass is 275 g/mol. The summed E-state index contributed by atoms with van der Waals surface area (Å²) in [5.41, 5.74) is 1.89. The molecule has 0 aromatic heterocycles. The number of aliphatic hydroxyl groups is 1. The molecule has 0 spiro atoms. The summed E-state index contributed by atoms with van der Waals surface area (Å²) in [5.74, 6) is 0.0644. The molecule has 0 radical (unpaired) electrons. The maximum absolute atomic E-state index is 11.8. The second kappa shape index (κ2) is 7.25. The van der Waals surface area contributed by atoms with Crippen molar-refractivity contribution in [2.45, 2.75) is 40.2 Å². The highest BCUT2D eigenvalue weighted by molar-refractivity contribution is 5.81. The number of carbonyl (C=O) groups excluding carboxylic acids is 1. The second-order valence-electron chi connectivity index (χ2n) is 6.05. The minimum absolute atomic E-state index is 0.0644. The number of carbonyl (C=O) groups is 1. The van der Waals surface area contributed by atoms with Crippen molar-refractivity contribution in [1.82, 2.24) is 5.32 Å². The summed E-state index contributed by atoms with van der Waals surface area (Å²) in [6, 6.07) is 8.02. The van der Waals surface area contributed by atoms with Gasteiger partial charge in [0.2, 0.25) is 5.91 Å². The number of hydrogen-bond acceptors (Lipinski definition) is 2. The molecule has 0 fully saturated rings. The Morgan fingerprint density at radius 1 is 1.35 bits per heavy atom. The zero-order valence-corrected chi connectivity index (χ0v) is 12.8. The van der Waals surface area contributed by atoms with Crippen molar-refractivity contribution in [3.8, 4) is 0 Å². The average Bonchev–Trinajstić information content (AvgIpc) is 2.36. The van der Waals surface area contributed by atoms with Crippen LogP contribution in [0.1, 0.15) is 38.8 Å². The van der Waals surface area contributed by atoms with E-state index in [-0.39, 0.29) is 11.3 Å². The third-order valence-electron chi connectivity index (χ3n) is 2.97. The molecule has 0 aliphatic rings. The molecule has 1 atom stereocenters. The van der Waals surface area contributed by atoms with Gasteiger partial charge in [0.15, 0.2) is 0 Å². The van der Waals surface area contributed by atoms with E-state index in [9.17, 15) is 9.90 Å². The predicted molar refractivity (Wildman–Crippen MR) is 83.3 cm³/mol. The van der Waals surface area contributed by atoms with Crippen LogP contribution in [0, 0.1) is 5.41 Å². The van der Waals surface area contributed by atoms with Gasteiger partial charge in [0.25, 0.3) is 0 Å². The normalized spacial score (nSPS) is 13.4. The highest BCUT2D eigenvalue weighted by Gasteiger charge is 2.20. The van der Waals surface area contributed by atoms with Gasteiger partial charge in [-0.2, -0.15) is 0 Å². The van der Waals surface area contributed by atoms with E-state index in [1.807, 2.05) is 51.1 Å². The van der Waals surface area contributed by atoms with Gasteiger partial charge in [0.05, 0.1) is 6.10 Å². The van der Waals surface area contributed by atoms with Crippen molar-refractivity contribution < 1.29 is 9.90 Å². The Morgan fingerprint density at radius 3 is 2.60 bits per heavy atom. The fraction of sp³-hybridized carbons (Fsp3) is 0.471. The fourth-order valence-corrected chi connectivity index (χ4v) is 1.74. The van der Waals surface area contributed by atoms with Gasteiger partial charge in [0.1, 0.15) is 0 Å². The van der Waals surface area contributed by atoms with Crippen molar-refractivity contribution in [3.63, 3.8) is 0 Å². The van der Waals surface area contributed by atoms with Crippen LogP contribution in [0.2, 0.25) is 0 Å². The standard InChI is InChI=1S/C17H25NO2/c1-13(19)9-10-14-7-5-6-8-15(14)11-12-18-16(20)17(2,3)4/h5-10,13,19H,11-12H2,1-4H3,(H,18,20)/b10-9+/t13-/m0/s1. The number of aliphatic hydroxyl groups excluding tert-OH is 1. The third kappa shape index (κ3) is 5.57. The van der Waals surface area contributed by atoms with E-state index in [4.69, 9.17) is 0 Å². The Kier molecular flexibility index (Phi) is 5.96. The smallest absolute Gasteiger partial charge is 0.225 e. The first-order chi connectivity index (χ1) is 9.30. The molecular weight excluding hydrogens is 250 g/mol. The van der Waals surface area contributed by atoms with Crippen LogP contribution in [-0.4, -0.2) is 23.7 Å². The van der Waals surface area contributed by atoms with Gasteiger partial charge in [-0.15, -0.1) is 0 Å². The molecule has 20 heavy (non-hydrogen) atoms. The minimum atomic E-state index is -0.455. The molecular formula is C17H25NO2. The first kappa shape index (κ1) is 16.4. The first-order valence-electron chi connectivity index (χ1n) is 7.03. The summed E-state index contributed by atoms with van der Waals surface area (Å²) in [6.07, 6.45) is 4.00. The lowest BCUT2D eigenvalue weighted by Gasteiger charge is -2.17. The minimum Gasteiger partial charge on any atom is -0.389 e. The molecule has 3 heteroatoms. The summed E-state index contributed by atoms with van der Waals surface area (Å²) in [6.45, 7) is 8.06. The summed E-state index contributed by atoms with van der Waals surface area (Å²) in [7, 11) is 0. The largest absolute Gasteiger partial charge is 0.389 e. The lowest BCUT2D eigenvalue weighted by atomic mass is 9.95. The van der Waals surface area contributed by atoms with Crippen LogP contribution in [0.25, 0.3) is 6.08 Å². The van der Waals surface area contributed by atoms with Gasteiger partial charge in [0, 0.05) is 12.0 Å². The maximum atomic E-state index is 11.8. The summed E-state index contributed by atoms with van der Waals surface area (Å²) < 4.78 is 0. The Morgan fingerprint density at radius 2 is 2.00 bits per heavy atom. The van der Waals surface area contributed by atoms with Crippen LogP contribution in [0.15, 0.2) is 30.3 Å². The Bertz CT molecular complexity index is 470. The molecule has 1 amide bonds. The van der Waals surface area contributed by atoms with E-state index in [2.05, 4.69) is 5.32 Å². The van der Waals surface area contributed by atoms with E-state index >= 15 is 0 Å². The lowest BCUT2D eigenvalue weighted by Crippen LogP contribution is -2.36. The molecule has 0 saturated heterocycles. The molecule has 0 aliphatic carbocycles. The quantitative estimate of drug-likeness (QED) is 0.868. The summed E-state index contributed by atoms with van der Waals surface area (Å²) in [5, 5.41) is 12.2. The van der Waals surface area contributed by atoms with Crippen LogP contribution in [-0.2, 0) is 11.2 Å². The van der Waals surface area contributed by atoms with Gasteiger partial charge in [-0.05, 0) is 24.5 Å². The van der Waals surface area contributed by atoms with E-state index < -0.39 is 6.10 Å². The van der Waals surface area contributed by atoms with Crippen molar-refractivity contribution in [2.75, 3.05) is 6.54 Å². The number of rotatable bonds is 5. The zero-order chi connectivity index (χ0) is 15.2. The molecule has 0 unspecified atom stereocenters. The maximum Gasteiger partial charge on any atom is 0.225 e. The fourth-order valence-electron chi connectivity index (χ4n) is 1.74. The summed E-state index contributed by atoms with van der Waals surface area (Å²) >= 11 is 0. The van der Waals surface area contributed by atoms with Crippen molar-refractivity contribution >= 4 is 12.0 Å². The topological polar surface area (TPSA) is 49.3 Å². The number of amides is 1. The predicted octanol–water partition coefficient (Wildman–Crippen LogP) is 2.79. The van der Waals surface area contributed by atoms with E-state index in [0.717, 1.165) is 12.0 Å².